The molecule has 0 saturated carbocycles. The monoisotopic (exact) mass is 359 g/mol. The SMILES string of the molecule is C=CCNC(=S)NN=Cc1cc(Cl)ccc1OCc1ccccc1. The van der Waals surface area contributed by atoms with Crippen molar-refractivity contribution >= 4 is 35.1 Å². The Balaban J connectivity index is 2.01. The lowest BCUT2D eigenvalue weighted by molar-refractivity contribution is 0.306. The van der Waals surface area contributed by atoms with E-state index in [0.29, 0.717) is 29.0 Å². The summed E-state index contributed by atoms with van der Waals surface area (Å²) >= 11 is 11.1. The van der Waals surface area contributed by atoms with Crippen molar-refractivity contribution in [2.75, 3.05) is 6.54 Å². The number of benzene rings is 2. The normalized spacial score (nSPS) is 10.4. The summed E-state index contributed by atoms with van der Waals surface area (Å²) in [4.78, 5) is 0. The maximum Gasteiger partial charge on any atom is 0.187 e. The van der Waals surface area contributed by atoms with E-state index in [-0.39, 0.29) is 0 Å². The third kappa shape index (κ3) is 6.02. The topological polar surface area (TPSA) is 45.7 Å². The average molecular weight is 360 g/mol. The molecule has 0 atom stereocenters. The Morgan fingerprint density at radius 1 is 1.25 bits per heavy atom. The van der Waals surface area contributed by atoms with Crippen LogP contribution in [0.4, 0.5) is 0 Å². The van der Waals surface area contributed by atoms with E-state index in [9.17, 15) is 0 Å². The zero-order valence-corrected chi connectivity index (χ0v) is 14.6. The Bertz CT molecular complexity index is 719. The molecule has 0 unspecified atom stereocenters. The fourth-order valence-electron chi connectivity index (χ4n) is 1.85. The van der Waals surface area contributed by atoms with Crippen molar-refractivity contribution in [1.29, 1.82) is 0 Å². The third-order valence-electron chi connectivity index (χ3n) is 2.99. The van der Waals surface area contributed by atoms with Crippen molar-refractivity contribution in [2.45, 2.75) is 6.61 Å². The number of rotatable bonds is 7. The fourth-order valence-corrected chi connectivity index (χ4v) is 2.17. The molecule has 0 heterocycles. The van der Waals surface area contributed by atoms with Gasteiger partial charge in [0, 0.05) is 17.1 Å². The number of hydrazone groups is 1. The molecule has 0 amide bonds. The van der Waals surface area contributed by atoms with Gasteiger partial charge in [0.1, 0.15) is 12.4 Å². The summed E-state index contributed by atoms with van der Waals surface area (Å²) in [5.41, 5.74) is 4.58. The van der Waals surface area contributed by atoms with Crippen LogP contribution in [-0.4, -0.2) is 17.9 Å². The van der Waals surface area contributed by atoms with Crippen molar-refractivity contribution < 1.29 is 4.74 Å². The number of ether oxygens (including phenoxy) is 1. The summed E-state index contributed by atoms with van der Waals surface area (Å²) in [6.45, 7) is 4.65. The third-order valence-corrected chi connectivity index (χ3v) is 3.46. The molecule has 0 spiro atoms. The zero-order valence-electron chi connectivity index (χ0n) is 13.0. The molecule has 2 aromatic rings. The van der Waals surface area contributed by atoms with E-state index in [1.54, 1.807) is 24.4 Å². The van der Waals surface area contributed by atoms with Gasteiger partial charge in [0.2, 0.25) is 0 Å². The molecule has 0 bridgehead atoms. The minimum Gasteiger partial charge on any atom is -0.488 e. The molecule has 0 radical (unpaired) electrons. The Morgan fingerprint density at radius 2 is 2.04 bits per heavy atom. The van der Waals surface area contributed by atoms with Gasteiger partial charge in [0.15, 0.2) is 5.11 Å². The Morgan fingerprint density at radius 3 is 2.79 bits per heavy atom. The van der Waals surface area contributed by atoms with E-state index in [0.717, 1.165) is 11.1 Å². The van der Waals surface area contributed by atoms with E-state index in [1.807, 2.05) is 36.4 Å². The smallest absolute Gasteiger partial charge is 0.187 e. The molecule has 24 heavy (non-hydrogen) atoms. The van der Waals surface area contributed by atoms with Gasteiger partial charge in [-0.2, -0.15) is 5.10 Å². The van der Waals surface area contributed by atoms with Gasteiger partial charge in [-0.15, -0.1) is 6.58 Å². The number of hydrogen-bond acceptors (Lipinski definition) is 3. The van der Waals surface area contributed by atoms with E-state index < -0.39 is 0 Å². The summed E-state index contributed by atoms with van der Waals surface area (Å²) < 4.78 is 5.86. The first-order chi connectivity index (χ1) is 11.7. The Hall–Kier alpha value is -2.37. The Labute approximate surface area is 152 Å². The van der Waals surface area contributed by atoms with Crippen molar-refractivity contribution in [3.63, 3.8) is 0 Å². The van der Waals surface area contributed by atoms with E-state index in [4.69, 9.17) is 28.6 Å². The van der Waals surface area contributed by atoms with Gasteiger partial charge in [-0.3, -0.25) is 5.43 Å². The van der Waals surface area contributed by atoms with Crippen molar-refractivity contribution in [3.8, 4) is 5.75 Å². The standard InChI is InChI=1S/C18H18ClN3OS/c1-2-10-20-18(24)22-21-12-15-11-16(19)8-9-17(15)23-13-14-6-4-3-5-7-14/h2-9,11-12H,1,10,13H2,(H2,20,22,24). The molecule has 124 valence electrons. The second-order valence-electron chi connectivity index (χ2n) is 4.83. The average Bonchev–Trinajstić information content (AvgIpc) is 2.60. The molecule has 0 aliphatic carbocycles. The summed E-state index contributed by atoms with van der Waals surface area (Å²) in [7, 11) is 0. The largest absolute Gasteiger partial charge is 0.488 e. The van der Waals surface area contributed by atoms with E-state index >= 15 is 0 Å². The maximum atomic E-state index is 6.06. The Kier molecular flexibility index (Phi) is 7.26. The number of halogens is 1. The van der Waals surface area contributed by atoms with Crippen LogP contribution in [0.15, 0.2) is 66.3 Å². The zero-order chi connectivity index (χ0) is 17.2. The number of nitrogens with one attached hydrogen (secondary N) is 2. The second kappa shape index (κ2) is 9.70. The number of thiocarbonyl (C=S) groups is 1. The molecule has 2 rings (SSSR count). The molecule has 0 saturated heterocycles. The van der Waals surface area contributed by atoms with Crippen LogP contribution in [0.25, 0.3) is 0 Å². The lowest BCUT2D eigenvalue weighted by Crippen LogP contribution is -2.31. The first kappa shape index (κ1) is 18.0. The number of nitrogens with zero attached hydrogens (tertiary/aromatic N) is 1. The van der Waals surface area contributed by atoms with Crippen LogP contribution >= 0.6 is 23.8 Å². The molecule has 0 aliphatic rings. The molecule has 0 aliphatic heterocycles. The predicted octanol–water partition coefficient (Wildman–Crippen LogP) is 3.90. The minimum absolute atomic E-state index is 0.417. The van der Waals surface area contributed by atoms with Crippen molar-refractivity contribution in [3.05, 3.63) is 77.3 Å². The van der Waals surface area contributed by atoms with Gasteiger partial charge in [-0.25, -0.2) is 0 Å². The lowest BCUT2D eigenvalue weighted by atomic mass is 10.2. The van der Waals surface area contributed by atoms with Gasteiger partial charge in [-0.1, -0.05) is 48.0 Å². The summed E-state index contributed by atoms with van der Waals surface area (Å²) in [6, 6.07) is 15.3. The lowest BCUT2D eigenvalue weighted by Gasteiger charge is -2.10. The highest BCUT2D eigenvalue weighted by molar-refractivity contribution is 7.80. The van der Waals surface area contributed by atoms with Crippen LogP contribution in [0.3, 0.4) is 0 Å². The van der Waals surface area contributed by atoms with Crippen LogP contribution < -0.4 is 15.5 Å². The van der Waals surface area contributed by atoms with Crippen molar-refractivity contribution in [2.24, 2.45) is 5.10 Å². The highest BCUT2D eigenvalue weighted by atomic mass is 35.5. The first-order valence-electron chi connectivity index (χ1n) is 7.33. The first-order valence-corrected chi connectivity index (χ1v) is 8.11. The fraction of sp³-hybridized carbons (Fsp3) is 0.111. The molecule has 2 N–H and O–H groups in total. The predicted molar refractivity (Wildman–Crippen MR) is 104 cm³/mol. The quantitative estimate of drug-likeness (QED) is 0.340. The molecule has 6 heteroatoms. The van der Waals surface area contributed by atoms with Gasteiger partial charge < -0.3 is 10.1 Å². The second-order valence-corrected chi connectivity index (χ2v) is 5.67. The highest BCUT2D eigenvalue weighted by Crippen LogP contribution is 2.22. The molecule has 2 aromatic carbocycles. The molecule has 0 aromatic heterocycles. The van der Waals surface area contributed by atoms with E-state index in [2.05, 4.69) is 22.4 Å². The molecular weight excluding hydrogens is 342 g/mol. The number of hydrogen-bond donors (Lipinski definition) is 2. The molecule has 4 nitrogen and oxygen atoms in total. The van der Waals surface area contributed by atoms with Crippen LogP contribution in [0.2, 0.25) is 5.02 Å². The minimum atomic E-state index is 0.417. The van der Waals surface area contributed by atoms with E-state index in [1.165, 1.54) is 0 Å². The van der Waals surface area contributed by atoms with Crippen LogP contribution in [0, 0.1) is 0 Å². The highest BCUT2D eigenvalue weighted by Gasteiger charge is 2.04. The van der Waals surface area contributed by atoms with Crippen LogP contribution in [0.1, 0.15) is 11.1 Å². The van der Waals surface area contributed by atoms with Gasteiger partial charge in [-0.05, 0) is 36.0 Å². The van der Waals surface area contributed by atoms with Gasteiger partial charge in [0.05, 0.1) is 6.21 Å². The summed E-state index contributed by atoms with van der Waals surface area (Å²) in [5.74, 6) is 0.693. The van der Waals surface area contributed by atoms with Crippen LogP contribution in [0.5, 0.6) is 5.75 Å². The van der Waals surface area contributed by atoms with Gasteiger partial charge in [0.25, 0.3) is 0 Å². The van der Waals surface area contributed by atoms with Crippen molar-refractivity contribution in [1.82, 2.24) is 10.7 Å². The summed E-state index contributed by atoms with van der Waals surface area (Å²) in [5, 5.41) is 8.05. The molecule has 0 fully saturated rings. The summed E-state index contributed by atoms with van der Waals surface area (Å²) in [6.07, 6.45) is 3.33. The maximum absolute atomic E-state index is 6.06. The van der Waals surface area contributed by atoms with Crippen LogP contribution in [-0.2, 0) is 6.61 Å². The molecular formula is C18H18ClN3OS. The van der Waals surface area contributed by atoms with Gasteiger partial charge >= 0.3 is 0 Å².